The Morgan fingerprint density at radius 1 is 0.683 bits per heavy atom. The summed E-state index contributed by atoms with van der Waals surface area (Å²) < 4.78 is 2.24. The Balaban J connectivity index is 1.21. The van der Waals surface area contributed by atoms with Gasteiger partial charge in [0.25, 0.3) is 0 Å². The summed E-state index contributed by atoms with van der Waals surface area (Å²) >= 11 is -0.904. The summed E-state index contributed by atoms with van der Waals surface area (Å²) in [6.07, 6.45) is 3.69. The number of aromatic nitrogens is 1. The fourth-order valence-electron chi connectivity index (χ4n) is 6.09. The minimum absolute atomic E-state index is 0.0900. The number of Topliss-reactive ketones (excluding diaryl/α,β-unsaturated/α-hetero) is 2. The maximum atomic E-state index is 13.4. The van der Waals surface area contributed by atoms with Crippen molar-refractivity contribution in [2.45, 2.75) is 5.92 Å². The third kappa shape index (κ3) is 3.85. The zero-order valence-corrected chi connectivity index (χ0v) is 24.2. The van der Waals surface area contributed by atoms with Gasteiger partial charge in [-0.05, 0) is 0 Å². The van der Waals surface area contributed by atoms with Crippen LogP contribution < -0.4 is 4.90 Å². The first-order chi connectivity index (χ1) is 20.2. The van der Waals surface area contributed by atoms with Gasteiger partial charge in [-0.3, -0.25) is 0 Å². The average molecular weight is 642 g/mol. The summed E-state index contributed by atoms with van der Waals surface area (Å²) in [6.45, 7) is 0. The van der Waals surface area contributed by atoms with E-state index < -0.39 is 20.4 Å². The molecule has 0 saturated heterocycles. The number of ketones is 2. The number of carbonyl (C=O) groups is 2. The topological polar surface area (TPSA) is 50.3 Å². The van der Waals surface area contributed by atoms with Crippen molar-refractivity contribution in [1.29, 1.82) is 0 Å². The van der Waals surface area contributed by atoms with Crippen LogP contribution in [0.15, 0.2) is 127 Å². The van der Waals surface area contributed by atoms with E-state index in [9.17, 15) is 9.59 Å². The van der Waals surface area contributed by atoms with Gasteiger partial charge in [0.1, 0.15) is 0 Å². The molecule has 0 fully saturated rings. The number of hydrogen-bond donors (Lipinski definition) is 0. The molecule has 0 radical (unpaired) electrons. The number of carbonyl (C=O) groups excluding carboxylic acids is 2. The van der Waals surface area contributed by atoms with E-state index in [-0.39, 0.29) is 23.1 Å². The summed E-state index contributed by atoms with van der Waals surface area (Å²) in [6, 6.07) is 39.1. The third-order valence-corrected chi connectivity index (χ3v) is 10.8. The average Bonchev–Trinajstić information content (AvgIpc) is 3.57. The molecule has 0 bridgehead atoms. The predicted octanol–water partition coefficient (Wildman–Crippen LogP) is 7.72. The molecule has 4 nitrogen and oxygen atoms in total. The Morgan fingerprint density at radius 2 is 1.34 bits per heavy atom. The molecule has 6 aromatic rings. The van der Waals surface area contributed by atoms with Crippen LogP contribution in [0.2, 0.25) is 0 Å². The molecule has 1 atom stereocenters. The van der Waals surface area contributed by atoms with Gasteiger partial charge in [0.05, 0.1) is 0 Å². The summed E-state index contributed by atoms with van der Waals surface area (Å²) in [7, 11) is 0. The van der Waals surface area contributed by atoms with E-state index in [0.717, 1.165) is 25.9 Å². The van der Waals surface area contributed by atoms with Gasteiger partial charge in [0.15, 0.2) is 0 Å². The van der Waals surface area contributed by atoms with Gasteiger partial charge in [-0.25, -0.2) is 0 Å². The van der Waals surface area contributed by atoms with Gasteiger partial charge in [-0.15, -0.1) is 0 Å². The van der Waals surface area contributed by atoms with Crippen LogP contribution in [0.1, 0.15) is 46.9 Å². The Kier molecular flexibility index (Phi) is 5.63. The van der Waals surface area contributed by atoms with E-state index >= 15 is 0 Å². The number of pyridine rings is 1. The van der Waals surface area contributed by atoms with Crippen LogP contribution in [-0.2, 0) is 0 Å². The van der Waals surface area contributed by atoms with Gasteiger partial charge in [0, 0.05) is 0 Å². The summed E-state index contributed by atoms with van der Waals surface area (Å²) in [5.41, 5.74) is 6.04. The molecule has 41 heavy (non-hydrogen) atoms. The number of para-hydroxylation sites is 1. The molecule has 3 heterocycles. The quantitative estimate of drug-likeness (QED) is 0.113. The van der Waals surface area contributed by atoms with Crippen molar-refractivity contribution in [3.8, 4) is 0 Å². The molecule has 2 aliphatic rings. The van der Waals surface area contributed by atoms with Gasteiger partial charge in [-0.2, -0.15) is 0 Å². The van der Waals surface area contributed by atoms with E-state index in [1.54, 1.807) is 0 Å². The first kappa shape index (κ1) is 24.3. The molecule has 1 aliphatic heterocycles. The SMILES string of the molecule is O=C1C(=Cc2ccc(N3c4ccccc4C(c4ccccc4)c4cccnc43)[te]2)C(=O)c2cc3ccccc3cc21. The molecule has 194 valence electrons. The van der Waals surface area contributed by atoms with Crippen molar-refractivity contribution >= 4 is 64.1 Å². The van der Waals surface area contributed by atoms with Crippen molar-refractivity contribution in [3.05, 3.63) is 158 Å². The monoisotopic (exact) mass is 644 g/mol. The Bertz CT molecular complexity index is 1950. The molecule has 4 aromatic carbocycles. The van der Waals surface area contributed by atoms with E-state index in [2.05, 4.69) is 71.6 Å². The van der Waals surface area contributed by atoms with Crippen LogP contribution in [0.3, 0.4) is 0 Å². The number of anilines is 3. The van der Waals surface area contributed by atoms with E-state index in [4.69, 9.17) is 4.98 Å². The Labute approximate surface area is 246 Å². The van der Waals surface area contributed by atoms with Crippen molar-refractivity contribution in [2.75, 3.05) is 4.90 Å². The number of fused-ring (bicyclic) bond motifs is 4. The number of rotatable bonds is 3. The first-order valence-electron chi connectivity index (χ1n) is 13.5. The standard InChI is InChI=1S/C36H22N2O2Te/c39-34-28-19-23-11-4-5-12-24(23)20-29(28)35(40)30(34)21-25-16-17-32(41-25)38-31-15-7-6-13-26(31)33(22-9-2-1-3-10-22)27-14-8-18-37-36(27)38/h1-21,33H. The van der Waals surface area contributed by atoms with Crippen molar-refractivity contribution < 1.29 is 9.59 Å². The van der Waals surface area contributed by atoms with Crippen LogP contribution in [-0.4, -0.2) is 37.0 Å². The second kappa shape index (κ2) is 9.52. The molecular weight excluding hydrogens is 620 g/mol. The molecule has 0 N–H and O–H groups in total. The molecule has 0 amide bonds. The van der Waals surface area contributed by atoms with Crippen molar-refractivity contribution in [2.24, 2.45) is 0 Å². The molecular formula is C36H22N2O2Te. The van der Waals surface area contributed by atoms with Crippen LogP contribution in [0.25, 0.3) is 16.8 Å². The van der Waals surface area contributed by atoms with E-state index in [0.29, 0.717) is 11.1 Å². The van der Waals surface area contributed by atoms with Crippen molar-refractivity contribution in [1.82, 2.24) is 4.98 Å². The van der Waals surface area contributed by atoms with Crippen LogP contribution in [0, 0.1) is 0 Å². The number of nitrogens with zero attached hydrogens (tertiary/aromatic N) is 2. The summed E-state index contributed by atoms with van der Waals surface area (Å²) in [5, 5.41) is 1.94. The Hall–Kier alpha value is -4.56. The van der Waals surface area contributed by atoms with E-state index in [1.807, 2.05) is 60.8 Å². The van der Waals surface area contributed by atoms with Crippen LogP contribution in [0.4, 0.5) is 15.2 Å². The van der Waals surface area contributed by atoms with Gasteiger partial charge >= 0.3 is 248 Å². The predicted molar refractivity (Wildman–Crippen MR) is 164 cm³/mol. The molecule has 0 saturated carbocycles. The molecule has 8 rings (SSSR count). The van der Waals surface area contributed by atoms with Crippen LogP contribution >= 0.6 is 0 Å². The summed E-state index contributed by atoms with van der Waals surface area (Å²) in [5.74, 6) is 0.662. The zero-order valence-electron chi connectivity index (χ0n) is 21.8. The Morgan fingerprint density at radius 3 is 2.10 bits per heavy atom. The fraction of sp³-hybridized carbons (Fsp3) is 0.0278. The second-order valence-electron chi connectivity index (χ2n) is 10.3. The fourth-order valence-corrected chi connectivity index (χ4v) is 8.85. The molecule has 1 unspecified atom stereocenters. The van der Waals surface area contributed by atoms with Gasteiger partial charge in [0.2, 0.25) is 0 Å². The molecule has 1 aliphatic carbocycles. The first-order valence-corrected chi connectivity index (χ1v) is 15.8. The third-order valence-electron chi connectivity index (χ3n) is 7.95. The molecule has 0 spiro atoms. The zero-order chi connectivity index (χ0) is 27.5. The van der Waals surface area contributed by atoms with E-state index in [1.165, 1.54) is 20.4 Å². The normalized spacial score (nSPS) is 15.6. The van der Waals surface area contributed by atoms with Crippen LogP contribution in [0.5, 0.6) is 0 Å². The van der Waals surface area contributed by atoms with Crippen molar-refractivity contribution in [3.63, 3.8) is 0 Å². The molecule has 2 aromatic heterocycles. The van der Waals surface area contributed by atoms with Gasteiger partial charge < -0.3 is 0 Å². The molecule has 5 heteroatoms. The maximum absolute atomic E-state index is 13.4. The number of hydrogen-bond acceptors (Lipinski definition) is 4. The second-order valence-corrected chi connectivity index (χ2v) is 13.4. The minimum atomic E-state index is -0.904. The number of benzene rings is 4. The van der Waals surface area contributed by atoms with Gasteiger partial charge in [-0.1, -0.05) is 0 Å². The number of allylic oxidation sites excluding steroid dienone is 1. The summed E-state index contributed by atoms with van der Waals surface area (Å²) in [4.78, 5) is 33.9.